The molecule has 1 N–H and O–H groups in total. The zero-order valence-electron chi connectivity index (χ0n) is 24.4. The Labute approximate surface area is 292 Å². The average molecular weight is 781 g/mol. The summed E-state index contributed by atoms with van der Waals surface area (Å²) >= 11 is 17.1. The van der Waals surface area contributed by atoms with Crippen molar-refractivity contribution in [2.75, 3.05) is 9.80 Å². The van der Waals surface area contributed by atoms with Gasteiger partial charge in [-0.2, -0.15) is 0 Å². The first-order valence-electron chi connectivity index (χ1n) is 15.0. The summed E-state index contributed by atoms with van der Waals surface area (Å²) in [5, 5.41) is 12.9. The number of carbonyl (C=O) groups excluding carboxylic acids is 4. The van der Waals surface area contributed by atoms with E-state index < -0.39 is 57.0 Å². The Bertz CT molecular complexity index is 2090. The SMILES string of the molecule is O=C1[C@H]2[C@H](CC=C3[C@H]2C[C@@]2(Cl)C(=O)N(c4ccc(F)cc4)C(=O)[C@@]2(Cl)[C@H]3c2c(O)ccc3ccccc23)C(=O)N1c1ccc(I)cc1. The number of phenolic OH excluding ortho intramolecular Hbond substituents is 1. The summed E-state index contributed by atoms with van der Waals surface area (Å²) in [6.45, 7) is 0. The Morgan fingerprint density at radius 1 is 0.787 bits per heavy atom. The van der Waals surface area contributed by atoms with Crippen molar-refractivity contribution < 1.29 is 28.7 Å². The highest BCUT2D eigenvalue weighted by Crippen LogP contribution is 2.67. The van der Waals surface area contributed by atoms with Crippen molar-refractivity contribution in [2.24, 2.45) is 17.8 Å². The highest BCUT2D eigenvalue weighted by molar-refractivity contribution is 14.1. The molecule has 1 saturated carbocycles. The quantitative estimate of drug-likeness (QED) is 0.104. The minimum absolute atomic E-state index is 0.0866. The summed E-state index contributed by atoms with van der Waals surface area (Å²) < 4.78 is 14.9. The second kappa shape index (κ2) is 10.6. The van der Waals surface area contributed by atoms with Crippen molar-refractivity contribution >= 4 is 91.6 Å². The number of fused-ring (bicyclic) bond motifs is 5. The molecule has 3 fully saturated rings. The largest absolute Gasteiger partial charge is 0.508 e. The molecule has 6 atom stereocenters. The zero-order valence-corrected chi connectivity index (χ0v) is 28.0. The lowest BCUT2D eigenvalue weighted by Gasteiger charge is -2.51. The number of benzene rings is 4. The van der Waals surface area contributed by atoms with E-state index in [1.165, 1.54) is 23.1 Å². The first kappa shape index (κ1) is 30.5. The van der Waals surface area contributed by atoms with Crippen LogP contribution in [0.1, 0.15) is 24.3 Å². The van der Waals surface area contributed by atoms with Gasteiger partial charge in [0, 0.05) is 15.1 Å². The predicted octanol–water partition coefficient (Wildman–Crippen LogP) is 7.06. The molecule has 2 aliphatic heterocycles. The van der Waals surface area contributed by atoms with E-state index in [-0.39, 0.29) is 30.2 Å². The molecule has 11 heteroatoms. The molecule has 4 aromatic rings. The van der Waals surface area contributed by atoms with Crippen LogP contribution in [0.15, 0.2) is 96.6 Å². The van der Waals surface area contributed by atoms with Crippen LogP contribution in [0.25, 0.3) is 10.8 Å². The van der Waals surface area contributed by atoms with Crippen LogP contribution in [0.5, 0.6) is 5.75 Å². The molecule has 47 heavy (non-hydrogen) atoms. The summed E-state index contributed by atoms with van der Waals surface area (Å²) in [5.41, 5.74) is 1.39. The number of anilines is 2. The molecule has 4 amide bonds. The zero-order chi connectivity index (χ0) is 33.0. The van der Waals surface area contributed by atoms with Gasteiger partial charge in [-0.1, -0.05) is 42.0 Å². The number of imide groups is 2. The van der Waals surface area contributed by atoms with Gasteiger partial charge in [0.1, 0.15) is 11.6 Å². The number of amides is 4. The number of allylic oxidation sites excluding steroid dienone is 2. The number of hydrogen-bond acceptors (Lipinski definition) is 5. The highest BCUT2D eigenvalue weighted by Gasteiger charge is 2.77. The van der Waals surface area contributed by atoms with Crippen LogP contribution in [-0.4, -0.2) is 38.5 Å². The Kier molecular flexibility index (Phi) is 6.89. The van der Waals surface area contributed by atoms with Crippen LogP contribution < -0.4 is 9.80 Å². The smallest absolute Gasteiger partial charge is 0.258 e. The van der Waals surface area contributed by atoms with Crippen LogP contribution in [0.2, 0.25) is 0 Å². The van der Waals surface area contributed by atoms with Gasteiger partial charge >= 0.3 is 0 Å². The molecule has 4 aliphatic rings. The molecule has 0 spiro atoms. The molecule has 0 aromatic heterocycles. The third-order valence-corrected chi connectivity index (χ3v) is 12.3. The number of alkyl halides is 2. The number of hydrogen-bond donors (Lipinski definition) is 1. The van der Waals surface area contributed by atoms with E-state index in [1.54, 1.807) is 30.3 Å². The van der Waals surface area contributed by atoms with Crippen molar-refractivity contribution in [2.45, 2.75) is 28.5 Å². The number of carbonyl (C=O) groups is 4. The van der Waals surface area contributed by atoms with Gasteiger partial charge in [0.15, 0.2) is 9.75 Å². The first-order chi connectivity index (χ1) is 22.5. The minimum Gasteiger partial charge on any atom is -0.508 e. The normalized spacial score (nSPS) is 30.0. The number of rotatable bonds is 3. The van der Waals surface area contributed by atoms with Crippen LogP contribution in [0.4, 0.5) is 15.8 Å². The van der Waals surface area contributed by atoms with Crippen molar-refractivity contribution in [3.05, 3.63) is 112 Å². The molecule has 0 radical (unpaired) electrons. The van der Waals surface area contributed by atoms with Crippen LogP contribution in [-0.2, 0) is 19.2 Å². The summed E-state index contributed by atoms with van der Waals surface area (Å²) in [5.74, 6) is -6.67. The van der Waals surface area contributed by atoms with Gasteiger partial charge in [0.05, 0.1) is 23.2 Å². The van der Waals surface area contributed by atoms with E-state index in [0.29, 0.717) is 22.2 Å². The summed E-state index contributed by atoms with van der Waals surface area (Å²) in [6.07, 6.45) is 1.81. The molecular weight excluding hydrogens is 757 g/mol. The maximum atomic E-state index is 14.6. The summed E-state index contributed by atoms with van der Waals surface area (Å²) in [4.78, 5) is 55.1. The molecule has 7 nitrogen and oxygen atoms in total. The van der Waals surface area contributed by atoms with Gasteiger partial charge in [-0.15, -0.1) is 23.2 Å². The van der Waals surface area contributed by atoms with E-state index in [9.17, 15) is 28.7 Å². The maximum Gasteiger partial charge on any atom is 0.258 e. The fourth-order valence-corrected chi connectivity index (χ4v) is 9.43. The Hall–Kier alpha value is -3.80. The number of halogens is 4. The lowest BCUT2D eigenvalue weighted by molar-refractivity contribution is -0.125. The second-order valence-electron chi connectivity index (χ2n) is 12.5. The number of aromatic hydroxyl groups is 1. The molecule has 236 valence electrons. The van der Waals surface area contributed by atoms with E-state index in [2.05, 4.69) is 22.6 Å². The Morgan fingerprint density at radius 2 is 1.45 bits per heavy atom. The molecule has 2 heterocycles. The van der Waals surface area contributed by atoms with E-state index in [1.807, 2.05) is 30.3 Å². The summed E-state index contributed by atoms with van der Waals surface area (Å²) in [6, 6.07) is 22.4. The standard InChI is InChI=1S/C36H24Cl2FIN2O5/c37-35-17-26-24(14-15-25-28(26)32(45)41(31(25)44)21-12-8-20(40)9-13-21)30(29-23-4-2-1-3-18(23)5-16-27(29)43)36(35,38)34(47)42(33(35)46)22-10-6-19(39)7-11-22/h1-14,16,25-26,28,30,43H,15,17H2/t25-,26+,28-,30+,35+,36-/m0/s1. The molecule has 0 bridgehead atoms. The average Bonchev–Trinajstić information content (AvgIpc) is 3.40. The van der Waals surface area contributed by atoms with Gasteiger partial charge in [-0.05, 0) is 107 Å². The topological polar surface area (TPSA) is 95.0 Å². The Balaban J connectivity index is 1.35. The lowest BCUT2D eigenvalue weighted by Crippen LogP contribution is -2.60. The molecule has 0 unspecified atom stereocenters. The first-order valence-corrected chi connectivity index (χ1v) is 16.9. The van der Waals surface area contributed by atoms with E-state index in [4.69, 9.17) is 23.2 Å². The molecule has 8 rings (SSSR count). The molecule has 4 aromatic carbocycles. The highest BCUT2D eigenvalue weighted by atomic mass is 127. The van der Waals surface area contributed by atoms with Crippen molar-refractivity contribution in [3.63, 3.8) is 0 Å². The predicted molar refractivity (Wildman–Crippen MR) is 184 cm³/mol. The van der Waals surface area contributed by atoms with Crippen molar-refractivity contribution in [1.82, 2.24) is 0 Å². The number of phenols is 1. The van der Waals surface area contributed by atoms with Gasteiger partial charge in [-0.25, -0.2) is 9.29 Å². The van der Waals surface area contributed by atoms with Crippen molar-refractivity contribution in [3.8, 4) is 5.75 Å². The van der Waals surface area contributed by atoms with Crippen LogP contribution >= 0.6 is 45.8 Å². The maximum absolute atomic E-state index is 14.6. The molecular formula is C36H24Cl2FIN2O5. The fourth-order valence-electron chi connectivity index (χ4n) is 8.15. The summed E-state index contributed by atoms with van der Waals surface area (Å²) in [7, 11) is 0. The van der Waals surface area contributed by atoms with Gasteiger partial charge < -0.3 is 5.11 Å². The van der Waals surface area contributed by atoms with Crippen molar-refractivity contribution in [1.29, 1.82) is 0 Å². The lowest BCUT2D eigenvalue weighted by atomic mass is 9.56. The fraction of sp³-hybridized carbons (Fsp3) is 0.222. The number of nitrogens with zero attached hydrogens (tertiary/aromatic N) is 2. The van der Waals surface area contributed by atoms with Crippen LogP contribution in [0, 0.1) is 27.1 Å². The Morgan fingerprint density at radius 3 is 2.17 bits per heavy atom. The van der Waals surface area contributed by atoms with Crippen LogP contribution in [0.3, 0.4) is 0 Å². The van der Waals surface area contributed by atoms with Gasteiger partial charge in [0.2, 0.25) is 11.8 Å². The van der Waals surface area contributed by atoms with E-state index >= 15 is 0 Å². The molecule has 2 saturated heterocycles. The minimum atomic E-state index is -2.15. The molecule has 2 aliphatic carbocycles. The van der Waals surface area contributed by atoms with Gasteiger partial charge in [-0.3, -0.25) is 24.1 Å². The van der Waals surface area contributed by atoms with E-state index in [0.717, 1.165) is 26.0 Å². The van der Waals surface area contributed by atoms with Gasteiger partial charge in [0.25, 0.3) is 11.8 Å². The third kappa shape index (κ3) is 4.09. The second-order valence-corrected chi connectivity index (χ2v) is 14.9. The third-order valence-electron chi connectivity index (χ3n) is 10.2. The monoisotopic (exact) mass is 780 g/mol.